The van der Waals surface area contributed by atoms with Crippen molar-refractivity contribution < 1.29 is 13.2 Å². The quantitative estimate of drug-likeness (QED) is 0.372. The summed E-state index contributed by atoms with van der Waals surface area (Å²) >= 11 is 0. The first-order valence-electron chi connectivity index (χ1n) is 9.82. The smallest absolute Gasteiger partial charge is 0.238 e. The lowest BCUT2D eigenvalue weighted by molar-refractivity contribution is 0.477. The molecule has 0 saturated heterocycles. The molecule has 2 heterocycles. The molecule has 4 rings (SSSR count). The summed E-state index contributed by atoms with van der Waals surface area (Å²) in [5.41, 5.74) is 2.69. The summed E-state index contributed by atoms with van der Waals surface area (Å²) in [6.07, 6.45) is 6.26. The third kappa shape index (κ3) is 5.59. The molecule has 10 nitrogen and oxygen atoms in total. The molecule has 0 radical (unpaired) electrons. The highest BCUT2D eigenvalue weighted by Gasteiger charge is 2.13. The van der Waals surface area contributed by atoms with Crippen LogP contribution in [-0.2, 0) is 10.0 Å². The number of anilines is 4. The lowest BCUT2D eigenvalue weighted by Crippen LogP contribution is -2.14. The summed E-state index contributed by atoms with van der Waals surface area (Å²) in [6, 6.07) is 12.2. The summed E-state index contributed by atoms with van der Waals surface area (Å²) in [7, 11) is -3.84. The van der Waals surface area contributed by atoms with Crippen molar-refractivity contribution in [1.29, 1.82) is 0 Å². The number of hydrogen-bond acceptors (Lipinski definition) is 9. The Bertz CT molecular complexity index is 1380. The summed E-state index contributed by atoms with van der Waals surface area (Å²) in [5.74, 6) is 2.08. The van der Waals surface area contributed by atoms with Gasteiger partial charge in [-0.3, -0.25) is 0 Å². The van der Waals surface area contributed by atoms with Gasteiger partial charge in [-0.25, -0.2) is 28.5 Å². The Morgan fingerprint density at radius 3 is 2.24 bits per heavy atom. The molecule has 0 amide bonds. The van der Waals surface area contributed by atoms with Crippen LogP contribution in [0.2, 0.25) is 0 Å². The monoisotopic (exact) mass is 463 g/mol. The Labute approximate surface area is 191 Å². The van der Waals surface area contributed by atoms with E-state index in [1.165, 1.54) is 12.4 Å². The maximum Gasteiger partial charge on any atom is 0.238 e. The molecule has 11 heteroatoms. The molecule has 33 heavy (non-hydrogen) atoms. The van der Waals surface area contributed by atoms with Crippen LogP contribution < -0.4 is 20.5 Å². The van der Waals surface area contributed by atoms with E-state index in [4.69, 9.17) is 9.88 Å². The lowest BCUT2D eigenvalue weighted by Gasteiger charge is -2.12. The van der Waals surface area contributed by atoms with Crippen LogP contribution in [0.3, 0.4) is 0 Å². The van der Waals surface area contributed by atoms with Crippen molar-refractivity contribution >= 4 is 33.2 Å². The fourth-order valence-corrected chi connectivity index (χ4v) is 3.77. The molecule has 4 aromatic rings. The van der Waals surface area contributed by atoms with Gasteiger partial charge in [0, 0.05) is 23.1 Å². The van der Waals surface area contributed by atoms with Crippen LogP contribution >= 0.6 is 0 Å². The molecule has 2 aromatic carbocycles. The van der Waals surface area contributed by atoms with E-state index in [-0.39, 0.29) is 4.90 Å². The predicted octanol–water partition coefficient (Wildman–Crippen LogP) is 3.81. The van der Waals surface area contributed by atoms with Gasteiger partial charge in [0.25, 0.3) is 0 Å². The summed E-state index contributed by atoms with van der Waals surface area (Å²) in [5, 5.41) is 11.6. The number of nitrogens with two attached hydrogens (primary N) is 1. The van der Waals surface area contributed by atoms with E-state index in [0.717, 1.165) is 11.3 Å². The normalized spacial score (nSPS) is 11.1. The van der Waals surface area contributed by atoms with Crippen molar-refractivity contribution in [3.63, 3.8) is 0 Å². The van der Waals surface area contributed by atoms with Crippen LogP contribution in [0, 0.1) is 13.8 Å². The molecule has 0 saturated carbocycles. The minimum absolute atomic E-state index is 0.0438. The Morgan fingerprint density at radius 2 is 1.55 bits per heavy atom. The lowest BCUT2D eigenvalue weighted by atomic mass is 10.2. The first-order chi connectivity index (χ1) is 15.8. The second-order valence-electron chi connectivity index (χ2n) is 7.20. The number of nitrogens with one attached hydrogen (secondary N) is 2. The van der Waals surface area contributed by atoms with Crippen molar-refractivity contribution in [2.75, 3.05) is 10.6 Å². The SMILES string of the molecule is Cc1ccc(Nc2ncc(C)c(Nc3ccc(Oc4cncnc4)cc3)n2)cc1S(N)(=O)=O. The van der Waals surface area contributed by atoms with E-state index in [1.807, 2.05) is 31.2 Å². The van der Waals surface area contributed by atoms with Crippen LogP contribution in [-0.4, -0.2) is 28.4 Å². The molecule has 0 unspecified atom stereocenters. The van der Waals surface area contributed by atoms with E-state index in [0.29, 0.717) is 34.5 Å². The van der Waals surface area contributed by atoms with Crippen molar-refractivity contribution in [2.45, 2.75) is 18.7 Å². The average molecular weight is 464 g/mol. The number of nitrogens with zero attached hydrogens (tertiary/aromatic N) is 4. The minimum Gasteiger partial charge on any atom is -0.454 e. The Kier molecular flexibility index (Phi) is 6.16. The molecule has 0 bridgehead atoms. The first kappa shape index (κ1) is 22.1. The molecule has 0 aliphatic carbocycles. The van der Waals surface area contributed by atoms with Gasteiger partial charge in [-0.1, -0.05) is 6.07 Å². The summed E-state index contributed by atoms with van der Waals surface area (Å²) in [4.78, 5) is 16.7. The number of sulfonamides is 1. The van der Waals surface area contributed by atoms with Crippen LogP contribution in [0.5, 0.6) is 11.5 Å². The number of benzene rings is 2. The van der Waals surface area contributed by atoms with Crippen molar-refractivity contribution in [3.05, 3.63) is 78.5 Å². The number of aryl methyl sites for hydroxylation is 2. The largest absolute Gasteiger partial charge is 0.454 e. The van der Waals surface area contributed by atoms with Crippen LogP contribution in [0.1, 0.15) is 11.1 Å². The van der Waals surface area contributed by atoms with Crippen molar-refractivity contribution in [3.8, 4) is 11.5 Å². The second-order valence-corrected chi connectivity index (χ2v) is 8.73. The Balaban J connectivity index is 1.50. The van der Waals surface area contributed by atoms with Crippen LogP contribution in [0.25, 0.3) is 0 Å². The van der Waals surface area contributed by atoms with E-state index < -0.39 is 10.0 Å². The second kappa shape index (κ2) is 9.18. The summed E-state index contributed by atoms with van der Waals surface area (Å²) in [6.45, 7) is 3.56. The zero-order valence-corrected chi connectivity index (χ0v) is 18.7. The van der Waals surface area contributed by atoms with Crippen LogP contribution in [0.4, 0.5) is 23.1 Å². The molecule has 0 aliphatic heterocycles. The Hall–Kier alpha value is -4.09. The van der Waals surface area contributed by atoms with Gasteiger partial charge >= 0.3 is 0 Å². The molecule has 168 valence electrons. The zero-order chi connectivity index (χ0) is 23.4. The number of primary sulfonamides is 1. The van der Waals surface area contributed by atoms with Crippen molar-refractivity contribution in [2.24, 2.45) is 5.14 Å². The van der Waals surface area contributed by atoms with Gasteiger partial charge in [-0.15, -0.1) is 0 Å². The zero-order valence-electron chi connectivity index (χ0n) is 17.9. The molecule has 4 N–H and O–H groups in total. The van der Waals surface area contributed by atoms with E-state index in [1.54, 1.807) is 37.6 Å². The van der Waals surface area contributed by atoms with E-state index >= 15 is 0 Å². The molecular formula is C22H21N7O3S. The van der Waals surface area contributed by atoms with E-state index in [2.05, 4.69) is 30.6 Å². The number of aromatic nitrogens is 4. The van der Waals surface area contributed by atoms with Gasteiger partial charge in [0.15, 0.2) is 5.75 Å². The van der Waals surface area contributed by atoms with Gasteiger partial charge in [0.05, 0.1) is 17.3 Å². The third-order valence-corrected chi connectivity index (χ3v) is 5.67. The molecule has 0 fully saturated rings. The van der Waals surface area contributed by atoms with E-state index in [9.17, 15) is 8.42 Å². The first-order valence-corrected chi connectivity index (χ1v) is 11.4. The fourth-order valence-electron chi connectivity index (χ4n) is 2.96. The Morgan fingerprint density at radius 1 is 0.848 bits per heavy atom. The van der Waals surface area contributed by atoms with Gasteiger partial charge in [-0.2, -0.15) is 4.98 Å². The minimum atomic E-state index is -3.84. The van der Waals surface area contributed by atoms with Crippen LogP contribution in [0.15, 0.2) is 72.3 Å². The maximum absolute atomic E-state index is 11.8. The van der Waals surface area contributed by atoms with Crippen molar-refractivity contribution in [1.82, 2.24) is 19.9 Å². The number of hydrogen-bond donors (Lipinski definition) is 3. The maximum atomic E-state index is 11.8. The molecule has 2 aromatic heterocycles. The van der Waals surface area contributed by atoms with Gasteiger partial charge < -0.3 is 15.4 Å². The van der Waals surface area contributed by atoms with Gasteiger partial charge in [0.2, 0.25) is 16.0 Å². The molecule has 0 spiro atoms. The average Bonchev–Trinajstić information content (AvgIpc) is 2.78. The van der Waals surface area contributed by atoms with Gasteiger partial charge in [0.1, 0.15) is 17.9 Å². The van der Waals surface area contributed by atoms with Gasteiger partial charge in [-0.05, 0) is 55.8 Å². The molecule has 0 aliphatic rings. The number of rotatable bonds is 7. The predicted molar refractivity (Wildman–Crippen MR) is 124 cm³/mol. The highest BCUT2D eigenvalue weighted by atomic mass is 32.2. The molecule has 0 atom stereocenters. The standard InChI is InChI=1S/C22H21N7O3S/c1-14-3-4-17(9-20(14)33(23,30)31)28-22-26-10-15(2)21(29-22)27-16-5-7-18(8-6-16)32-19-11-24-13-25-12-19/h3-13H,1-2H3,(H2,23,30,31)(H2,26,27,28,29). The number of ether oxygens (including phenoxy) is 1. The highest BCUT2D eigenvalue weighted by Crippen LogP contribution is 2.26. The molecular weight excluding hydrogens is 442 g/mol. The third-order valence-electron chi connectivity index (χ3n) is 4.61. The highest BCUT2D eigenvalue weighted by molar-refractivity contribution is 7.89. The topological polar surface area (TPSA) is 145 Å². The fraction of sp³-hybridized carbons (Fsp3) is 0.0909. The summed E-state index contributed by atoms with van der Waals surface area (Å²) < 4.78 is 29.3.